The number of rotatable bonds is 7. The monoisotopic (exact) mass is 283 g/mol. The fraction of sp³-hybridized carbons (Fsp3) is 0.833. The van der Waals surface area contributed by atoms with Crippen LogP contribution in [0.3, 0.4) is 0 Å². The summed E-state index contributed by atoms with van der Waals surface area (Å²) in [4.78, 5) is 10.4. The van der Waals surface area contributed by atoms with Crippen molar-refractivity contribution in [2.45, 2.75) is 24.4 Å². The third-order valence-corrected chi connectivity index (χ3v) is 2.30. The zero-order valence-electron chi connectivity index (χ0n) is 9.96. The van der Waals surface area contributed by atoms with Crippen LogP contribution in [0.15, 0.2) is 0 Å². The molecule has 0 aromatic rings. The van der Waals surface area contributed by atoms with Gasteiger partial charge in [0.15, 0.2) is 0 Å². The van der Waals surface area contributed by atoms with E-state index in [-0.39, 0.29) is 37.3 Å². The molecule has 0 aliphatic rings. The number of carbonyl (C=O) groups is 1. The predicted octanol–water partition coefficient (Wildman–Crippen LogP) is -6.86. The van der Waals surface area contributed by atoms with Gasteiger partial charge in [-0.3, -0.25) is 4.55 Å². The van der Waals surface area contributed by atoms with E-state index in [0.29, 0.717) is 0 Å². The van der Waals surface area contributed by atoms with Crippen molar-refractivity contribution in [2.24, 2.45) is 0 Å². The summed E-state index contributed by atoms with van der Waals surface area (Å²) < 4.78 is 30.4. The first-order valence-electron chi connectivity index (χ1n) is 4.08. The molecule has 0 heterocycles. The van der Waals surface area contributed by atoms with E-state index in [9.17, 15) is 18.3 Å². The van der Waals surface area contributed by atoms with Gasteiger partial charge in [0.05, 0.1) is 6.61 Å². The molecule has 0 amide bonds. The third-order valence-electron chi connectivity index (χ3n) is 1.73. The average Bonchev–Trinajstić information content (AvgIpc) is 2.21. The molecule has 0 aromatic carbocycles. The van der Waals surface area contributed by atoms with Crippen LogP contribution in [0.5, 0.6) is 0 Å². The second kappa shape index (κ2) is 8.48. The molecule has 0 radical (unpaired) electrons. The smallest absolute Gasteiger partial charge is 1.00 e. The SMILES string of the molecule is O=CC(NS(=O)(=O)O)C(O)C(O)C(O)CO.[H-].[Na+]. The predicted molar refractivity (Wildman–Crippen MR) is 50.8 cm³/mol. The van der Waals surface area contributed by atoms with Crippen LogP contribution in [0.1, 0.15) is 1.43 Å². The zero-order valence-corrected chi connectivity index (χ0v) is 11.8. The van der Waals surface area contributed by atoms with Crippen molar-refractivity contribution in [2.75, 3.05) is 6.61 Å². The summed E-state index contributed by atoms with van der Waals surface area (Å²) in [6.07, 6.45) is -5.79. The van der Waals surface area contributed by atoms with E-state index in [0.717, 1.165) is 0 Å². The van der Waals surface area contributed by atoms with Crippen LogP contribution in [-0.4, -0.2) is 70.6 Å². The number of aliphatic hydroxyl groups excluding tert-OH is 4. The molecule has 0 saturated carbocycles. The first kappa shape index (κ1) is 19.7. The van der Waals surface area contributed by atoms with Crippen molar-refractivity contribution >= 4 is 16.6 Å². The molecule has 0 rings (SSSR count). The van der Waals surface area contributed by atoms with Gasteiger partial charge in [0.1, 0.15) is 30.6 Å². The van der Waals surface area contributed by atoms with Crippen molar-refractivity contribution in [3.05, 3.63) is 0 Å². The molecular weight excluding hydrogens is 269 g/mol. The Morgan fingerprint density at radius 1 is 1.24 bits per heavy atom. The van der Waals surface area contributed by atoms with Crippen molar-refractivity contribution < 1.29 is 69.2 Å². The largest absolute Gasteiger partial charge is 1.00 e. The Bertz CT molecular complexity index is 328. The van der Waals surface area contributed by atoms with Crippen LogP contribution in [0.25, 0.3) is 0 Å². The van der Waals surface area contributed by atoms with E-state index in [4.69, 9.17) is 19.9 Å². The fourth-order valence-electron chi connectivity index (χ4n) is 0.898. The Labute approximate surface area is 121 Å². The van der Waals surface area contributed by atoms with Crippen molar-refractivity contribution in [3.63, 3.8) is 0 Å². The van der Waals surface area contributed by atoms with E-state index >= 15 is 0 Å². The van der Waals surface area contributed by atoms with Crippen molar-refractivity contribution in [3.8, 4) is 0 Å². The van der Waals surface area contributed by atoms with Gasteiger partial charge in [-0.25, -0.2) is 0 Å². The Kier molecular flexibility index (Phi) is 9.83. The van der Waals surface area contributed by atoms with Gasteiger partial charge in [0, 0.05) is 0 Å². The summed E-state index contributed by atoms with van der Waals surface area (Å²) >= 11 is 0. The van der Waals surface area contributed by atoms with Gasteiger partial charge in [0.2, 0.25) is 0 Å². The maximum absolute atomic E-state index is 10.4. The van der Waals surface area contributed by atoms with Crippen molar-refractivity contribution in [1.29, 1.82) is 0 Å². The van der Waals surface area contributed by atoms with Crippen LogP contribution in [0.2, 0.25) is 0 Å². The van der Waals surface area contributed by atoms with Crippen LogP contribution in [0, 0.1) is 0 Å². The van der Waals surface area contributed by atoms with Gasteiger partial charge in [0.25, 0.3) is 0 Å². The van der Waals surface area contributed by atoms with Gasteiger partial charge >= 0.3 is 39.9 Å². The molecule has 0 saturated heterocycles. The Morgan fingerprint density at radius 3 is 2.00 bits per heavy atom. The van der Waals surface area contributed by atoms with E-state index < -0.39 is 41.3 Å². The van der Waals surface area contributed by atoms with E-state index in [1.54, 1.807) is 0 Å². The van der Waals surface area contributed by atoms with Crippen LogP contribution in [0.4, 0.5) is 0 Å². The molecule has 17 heavy (non-hydrogen) atoms. The second-order valence-electron chi connectivity index (χ2n) is 2.99. The molecule has 98 valence electrons. The Hall–Kier alpha value is 0.380. The average molecular weight is 283 g/mol. The van der Waals surface area contributed by atoms with Gasteiger partial charge < -0.3 is 26.6 Å². The van der Waals surface area contributed by atoms with Gasteiger partial charge in [-0.15, -0.1) is 0 Å². The molecule has 0 aromatic heterocycles. The Morgan fingerprint density at radius 2 is 1.71 bits per heavy atom. The van der Waals surface area contributed by atoms with Crippen LogP contribution in [-0.2, 0) is 15.1 Å². The zero-order chi connectivity index (χ0) is 12.9. The normalized spacial score (nSPS) is 18.6. The summed E-state index contributed by atoms with van der Waals surface area (Å²) in [5, 5.41) is 35.8. The fourth-order valence-corrected chi connectivity index (χ4v) is 1.44. The molecular formula is C6H14NNaO8S. The van der Waals surface area contributed by atoms with Gasteiger partial charge in [-0.05, 0) is 0 Å². The number of carbonyl (C=O) groups excluding carboxylic acids is 1. The third kappa shape index (κ3) is 7.41. The van der Waals surface area contributed by atoms with Crippen LogP contribution < -0.4 is 34.3 Å². The van der Waals surface area contributed by atoms with E-state index in [2.05, 4.69) is 0 Å². The van der Waals surface area contributed by atoms with E-state index in [1.165, 1.54) is 4.72 Å². The molecule has 0 fully saturated rings. The Balaban J connectivity index is -0.00000112. The number of aliphatic hydroxyl groups is 4. The minimum absolute atomic E-state index is 0. The molecule has 0 spiro atoms. The molecule has 6 N–H and O–H groups in total. The van der Waals surface area contributed by atoms with Gasteiger partial charge in [-0.2, -0.15) is 13.1 Å². The molecule has 0 bridgehead atoms. The summed E-state index contributed by atoms with van der Waals surface area (Å²) in [7, 11) is -4.74. The van der Waals surface area contributed by atoms with Crippen LogP contribution >= 0.6 is 0 Å². The summed E-state index contributed by atoms with van der Waals surface area (Å²) in [5.74, 6) is 0. The molecule has 9 nitrogen and oxygen atoms in total. The molecule has 0 aliphatic heterocycles. The topological polar surface area (TPSA) is 164 Å². The minimum atomic E-state index is -4.74. The molecule has 0 aliphatic carbocycles. The number of hydrogen-bond acceptors (Lipinski definition) is 7. The summed E-state index contributed by atoms with van der Waals surface area (Å²) in [6.45, 7) is -0.893. The van der Waals surface area contributed by atoms with E-state index in [1.807, 2.05) is 0 Å². The minimum Gasteiger partial charge on any atom is -1.00 e. The quantitative estimate of drug-likeness (QED) is 0.152. The maximum atomic E-state index is 10.4. The number of nitrogens with one attached hydrogen (secondary N) is 1. The number of aldehydes is 1. The molecule has 4 unspecified atom stereocenters. The summed E-state index contributed by atoms with van der Waals surface area (Å²) in [6, 6.07) is -1.84. The first-order valence-corrected chi connectivity index (χ1v) is 5.52. The maximum Gasteiger partial charge on any atom is 1.00 e. The molecule has 4 atom stereocenters. The first-order chi connectivity index (χ1) is 7.22. The van der Waals surface area contributed by atoms with Crippen molar-refractivity contribution in [1.82, 2.24) is 4.72 Å². The molecule has 11 heteroatoms. The standard InChI is InChI=1S/C6H13NO8S.Na.H/c8-1-3(7-16(13,14)15)5(11)6(12)4(10)2-9;;/h1,3-7,9-12H,2H2,(H,13,14,15);;/q;+1;-1. The number of hydrogen-bond donors (Lipinski definition) is 6. The summed E-state index contributed by atoms with van der Waals surface area (Å²) in [5.41, 5.74) is 0. The second-order valence-corrected chi connectivity index (χ2v) is 4.17. The van der Waals surface area contributed by atoms with Gasteiger partial charge in [-0.1, -0.05) is 0 Å².